The molecule has 0 aliphatic rings. The molecular weight excluding hydrogens is 310 g/mol. The van der Waals surface area contributed by atoms with Gasteiger partial charge in [-0.1, -0.05) is 37.8 Å². The van der Waals surface area contributed by atoms with Crippen molar-refractivity contribution in [2.45, 2.75) is 64.8 Å². The zero-order valence-electron chi connectivity index (χ0n) is 13.9. The van der Waals surface area contributed by atoms with E-state index in [1.165, 1.54) is 25.7 Å². The van der Waals surface area contributed by atoms with E-state index in [9.17, 15) is 4.79 Å². The van der Waals surface area contributed by atoms with E-state index < -0.39 is 0 Å². The summed E-state index contributed by atoms with van der Waals surface area (Å²) < 4.78 is 5.20. The first-order chi connectivity index (χ1) is 11.2. The number of carbonyl (C=O) groups excluding carboxylic acids is 1. The van der Waals surface area contributed by atoms with Crippen molar-refractivity contribution < 1.29 is 9.32 Å². The molecule has 0 bridgehead atoms. The normalized spacial score (nSPS) is 12.3. The number of hydrogen-bond donors (Lipinski definition) is 1. The highest BCUT2D eigenvalue weighted by Gasteiger charge is 2.12. The van der Waals surface area contributed by atoms with Crippen molar-refractivity contribution in [3.05, 3.63) is 22.7 Å². The molecule has 0 aliphatic heterocycles. The maximum Gasteiger partial charge on any atom is 0.227 e. The molecule has 23 heavy (non-hydrogen) atoms. The Labute approximate surface area is 141 Å². The molecule has 0 aliphatic carbocycles. The summed E-state index contributed by atoms with van der Waals surface area (Å²) in [6, 6.07) is 2.18. The molecule has 0 radical (unpaired) electrons. The van der Waals surface area contributed by atoms with E-state index in [4.69, 9.17) is 4.52 Å². The Balaban J connectivity index is 1.68. The summed E-state index contributed by atoms with van der Waals surface area (Å²) in [5.41, 5.74) is 0.954. The smallest absolute Gasteiger partial charge is 0.227 e. The Bertz CT molecular complexity index is 580. The van der Waals surface area contributed by atoms with Crippen LogP contribution in [0.25, 0.3) is 11.4 Å². The lowest BCUT2D eigenvalue weighted by Crippen LogP contribution is -2.32. The van der Waals surface area contributed by atoms with Crippen LogP contribution in [0.15, 0.2) is 21.3 Å². The molecule has 5 nitrogen and oxygen atoms in total. The number of carbonyl (C=O) groups is 1. The summed E-state index contributed by atoms with van der Waals surface area (Å²) >= 11 is 1.59. The van der Waals surface area contributed by atoms with Crippen molar-refractivity contribution >= 4 is 17.2 Å². The van der Waals surface area contributed by atoms with Crippen molar-refractivity contribution in [1.29, 1.82) is 0 Å². The van der Waals surface area contributed by atoms with Gasteiger partial charge in [-0.15, -0.1) is 0 Å². The van der Waals surface area contributed by atoms with Crippen LogP contribution in [0.1, 0.15) is 58.3 Å². The first kappa shape index (κ1) is 17.7. The number of unbranched alkanes of at least 4 members (excludes halogenated alkanes) is 3. The van der Waals surface area contributed by atoms with E-state index in [1.54, 1.807) is 11.3 Å². The lowest BCUT2D eigenvalue weighted by atomic mass is 10.1. The quantitative estimate of drug-likeness (QED) is 0.661. The molecule has 0 saturated carbocycles. The van der Waals surface area contributed by atoms with Gasteiger partial charge in [-0.25, -0.2) is 0 Å². The molecule has 2 heterocycles. The Hall–Kier alpha value is -1.69. The monoisotopic (exact) mass is 335 g/mol. The van der Waals surface area contributed by atoms with Gasteiger partial charge < -0.3 is 9.84 Å². The predicted molar refractivity (Wildman–Crippen MR) is 92.3 cm³/mol. The second-order valence-electron chi connectivity index (χ2n) is 5.84. The first-order valence-electron chi connectivity index (χ1n) is 8.33. The minimum absolute atomic E-state index is 0.0447. The summed E-state index contributed by atoms with van der Waals surface area (Å²) in [6.07, 6.45) is 6.81. The van der Waals surface area contributed by atoms with E-state index in [0.717, 1.165) is 12.0 Å². The molecule has 2 aromatic rings. The summed E-state index contributed by atoms with van der Waals surface area (Å²) in [5.74, 6) is 1.14. The van der Waals surface area contributed by atoms with Crippen LogP contribution in [0.5, 0.6) is 0 Å². The molecule has 1 atom stereocenters. The van der Waals surface area contributed by atoms with Crippen molar-refractivity contribution in [2.24, 2.45) is 0 Å². The first-order valence-corrected chi connectivity index (χ1v) is 9.28. The predicted octanol–water partition coefficient (Wildman–Crippen LogP) is 4.21. The Morgan fingerprint density at radius 3 is 3.00 bits per heavy atom. The molecule has 1 N–H and O–H groups in total. The minimum atomic E-state index is 0.0447. The molecule has 6 heteroatoms. The van der Waals surface area contributed by atoms with Gasteiger partial charge in [0.1, 0.15) is 0 Å². The maximum atomic E-state index is 12.0. The van der Waals surface area contributed by atoms with Crippen LogP contribution in [0.4, 0.5) is 0 Å². The number of nitrogens with zero attached hydrogens (tertiary/aromatic N) is 2. The van der Waals surface area contributed by atoms with Crippen LogP contribution in [-0.2, 0) is 11.2 Å². The third-order valence-corrected chi connectivity index (χ3v) is 4.39. The van der Waals surface area contributed by atoms with Gasteiger partial charge in [0.25, 0.3) is 0 Å². The molecule has 0 fully saturated rings. The maximum absolute atomic E-state index is 12.0. The summed E-state index contributed by atoms with van der Waals surface area (Å²) in [4.78, 5) is 16.3. The Morgan fingerprint density at radius 1 is 1.39 bits per heavy atom. The lowest BCUT2D eigenvalue weighted by Gasteiger charge is -2.13. The Kier molecular flexibility index (Phi) is 7.26. The number of aromatic nitrogens is 2. The standard InChI is InChI=1S/C17H25N3O2S/c1-3-4-5-6-7-13(2)18-15(21)8-9-16-19-17(20-22-16)14-10-11-23-12-14/h10-13H,3-9H2,1-2H3,(H,18,21). The van der Waals surface area contributed by atoms with Gasteiger partial charge in [0, 0.05) is 29.8 Å². The van der Waals surface area contributed by atoms with Gasteiger partial charge in [-0.05, 0) is 24.8 Å². The summed E-state index contributed by atoms with van der Waals surface area (Å²) in [5, 5.41) is 10.9. The third-order valence-electron chi connectivity index (χ3n) is 3.71. The zero-order chi connectivity index (χ0) is 16.5. The van der Waals surface area contributed by atoms with Gasteiger partial charge >= 0.3 is 0 Å². The zero-order valence-corrected chi connectivity index (χ0v) is 14.7. The molecule has 1 unspecified atom stereocenters. The van der Waals surface area contributed by atoms with Crippen LogP contribution < -0.4 is 5.32 Å². The van der Waals surface area contributed by atoms with Gasteiger partial charge in [0.15, 0.2) is 0 Å². The van der Waals surface area contributed by atoms with Crippen molar-refractivity contribution in [2.75, 3.05) is 0 Å². The average molecular weight is 335 g/mol. The Morgan fingerprint density at radius 2 is 2.26 bits per heavy atom. The number of thiophene rings is 1. The highest BCUT2D eigenvalue weighted by molar-refractivity contribution is 7.08. The second kappa shape index (κ2) is 9.45. The number of nitrogens with one attached hydrogen (secondary N) is 1. The SMILES string of the molecule is CCCCCCC(C)NC(=O)CCc1nc(-c2ccsc2)no1. The van der Waals surface area contributed by atoms with Crippen LogP contribution in [0.2, 0.25) is 0 Å². The fourth-order valence-corrected chi connectivity index (χ4v) is 3.02. The number of amides is 1. The minimum Gasteiger partial charge on any atom is -0.354 e. The van der Waals surface area contributed by atoms with E-state index in [0.29, 0.717) is 24.6 Å². The number of rotatable bonds is 10. The molecule has 1 amide bonds. The highest BCUT2D eigenvalue weighted by atomic mass is 32.1. The van der Waals surface area contributed by atoms with Gasteiger partial charge in [0.2, 0.25) is 17.6 Å². The van der Waals surface area contributed by atoms with Crippen molar-refractivity contribution in [3.8, 4) is 11.4 Å². The van der Waals surface area contributed by atoms with Gasteiger partial charge in [-0.2, -0.15) is 16.3 Å². The van der Waals surface area contributed by atoms with E-state index in [2.05, 4.69) is 29.3 Å². The average Bonchev–Trinajstić information content (AvgIpc) is 3.20. The molecule has 0 spiro atoms. The van der Waals surface area contributed by atoms with Crippen molar-refractivity contribution in [3.63, 3.8) is 0 Å². The fourth-order valence-electron chi connectivity index (χ4n) is 2.38. The molecule has 126 valence electrons. The second-order valence-corrected chi connectivity index (χ2v) is 6.62. The molecule has 0 saturated heterocycles. The van der Waals surface area contributed by atoms with Crippen LogP contribution in [-0.4, -0.2) is 22.1 Å². The third kappa shape index (κ3) is 6.14. The van der Waals surface area contributed by atoms with E-state index in [1.807, 2.05) is 16.8 Å². The van der Waals surface area contributed by atoms with Crippen LogP contribution in [0, 0.1) is 0 Å². The van der Waals surface area contributed by atoms with Crippen LogP contribution in [0.3, 0.4) is 0 Å². The molecule has 0 aromatic carbocycles. The topological polar surface area (TPSA) is 68.0 Å². The lowest BCUT2D eigenvalue weighted by molar-refractivity contribution is -0.121. The number of aryl methyl sites for hydroxylation is 1. The highest BCUT2D eigenvalue weighted by Crippen LogP contribution is 2.19. The number of hydrogen-bond acceptors (Lipinski definition) is 5. The molecule has 2 rings (SSSR count). The van der Waals surface area contributed by atoms with Gasteiger partial charge in [-0.3, -0.25) is 4.79 Å². The molecular formula is C17H25N3O2S. The summed E-state index contributed by atoms with van der Waals surface area (Å²) in [7, 11) is 0. The summed E-state index contributed by atoms with van der Waals surface area (Å²) in [6.45, 7) is 4.26. The fraction of sp³-hybridized carbons (Fsp3) is 0.588. The van der Waals surface area contributed by atoms with Crippen molar-refractivity contribution in [1.82, 2.24) is 15.5 Å². The molecule has 2 aromatic heterocycles. The van der Waals surface area contributed by atoms with Gasteiger partial charge in [0.05, 0.1) is 0 Å². The van der Waals surface area contributed by atoms with Crippen LogP contribution >= 0.6 is 11.3 Å². The van der Waals surface area contributed by atoms with E-state index >= 15 is 0 Å². The largest absolute Gasteiger partial charge is 0.354 e. The van der Waals surface area contributed by atoms with E-state index in [-0.39, 0.29) is 11.9 Å².